The van der Waals surface area contributed by atoms with Crippen molar-refractivity contribution in [2.24, 2.45) is 4.99 Å². The Morgan fingerprint density at radius 2 is 0.979 bits per heavy atom. The van der Waals surface area contributed by atoms with Gasteiger partial charge in [0.25, 0.3) is 0 Å². The molecule has 0 saturated heterocycles. The maximum Gasteiger partial charge on any atom is 0.0723 e. The van der Waals surface area contributed by atoms with Crippen molar-refractivity contribution >= 4 is 61.2 Å². The molecule has 226 valence electrons. The molecule has 4 heteroatoms. The van der Waals surface area contributed by atoms with Crippen molar-refractivity contribution in [2.75, 3.05) is 0 Å². The van der Waals surface area contributed by atoms with Gasteiger partial charge in [-0.15, -0.1) is 0 Å². The van der Waals surface area contributed by atoms with Gasteiger partial charge in [-0.25, -0.2) is 0 Å². The number of aliphatic imine (C=N–C) groups is 1. The number of para-hydroxylation sites is 4. The molecule has 48 heavy (non-hydrogen) atoms. The zero-order valence-electron chi connectivity index (χ0n) is 26.1. The lowest BCUT2D eigenvalue weighted by Gasteiger charge is -2.10. The molecule has 0 aliphatic carbocycles. The number of hydrogen-bond donors (Lipinski definition) is 1. The van der Waals surface area contributed by atoms with Gasteiger partial charge >= 0.3 is 0 Å². The fourth-order valence-electron chi connectivity index (χ4n) is 6.98. The average Bonchev–Trinajstić information content (AvgIpc) is 3.66. The molecule has 9 rings (SSSR count). The van der Waals surface area contributed by atoms with Gasteiger partial charge in [0.15, 0.2) is 0 Å². The second-order valence-corrected chi connectivity index (χ2v) is 12.0. The SMILES string of the molecule is N=C(c1ccccc1)c1ccccc1N=Cc1ccc(-n2c3ccccc3c3cc4c5ccccc5n(-c5ccccc5)c4cc32)cc1. The molecule has 0 spiro atoms. The van der Waals surface area contributed by atoms with Gasteiger partial charge in [0.05, 0.1) is 33.5 Å². The second kappa shape index (κ2) is 11.4. The second-order valence-electron chi connectivity index (χ2n) is 12.0. The molecule has 7 aromatic carbocycles. The van der Waals surface area contributed by atoms with Crippen LogP contribution in [-0.4, -0.2) is 21.1 Å². The first kappa shape index (κ1) is 27.8. The molecule has 0 bridgehead atoms. The van der Waals surface area contributed by atoms with Crippen LogP contribution < -0.4 is 0 Å². The topological polar surface area (TPSA) is 46.1 Å². The van der Waals surface area contributed by atoms with Crippen LogP contribution in [0.25, 0.3) is 55.0 Å². The van der Waals surface area contributed by atoms with Crippen molar-refractivity contribution in [3.05, 3.63) is 187 Å². The highest BCUT2D eigenvalue weighted by atomic mass is 15.0. The molecule has 0 atom stereocenters. The Bertz CT molecular complexity index is 2660. The predicted molar refractivity (Wildman–Crippen MR) is 201 cm³/mol. The summed E-state index contributed by atoms with van der Waals surface area (Å²) in [5.74, 6) is 0. The molecule has 0 saturated carbocycles. The van der Waals surface area contributed by atoms with Crippen LogP contribution in [0.5, 0.6) is 0 Å². The van der Waals surface area contributed by atoms with Gasteiger partial charge < -0.3 is 9.13 Å². The lowest BCUT2D eigenvalue weighted by Crippen LogP contribution is -2.01. The Labute approximate surface area is 278 Å². The minimum absolute atomic E-state index is 0.463. The summed E-state index contributed by atoms with van der Waals surface area (Å²) in [5.41, 5.74) is 10.9. The Morgan fingerprint density at radius 3 is 1.62 bits per heavy atom. The van der Waals surface area contributed by atoms with Gasteiger partial charge in [-0.1, -0.05) is 115 Å². The molecule has 4 nitrogen and oxygen atoms in total. The van der Waals surface area contributed by atoms with Crippen molar-refractivity contribution in [3.63, 3.8) is 0 Å². The van der Waals surface area contributed by atoms with Crippen LogP contribution in [-0.2, 0) is 0 Å². The van der Waals surface area contributed by atoms with Crippen LogP contribution in [0.1, 0.15) is 16.7 Å². The first-order valence-electron chi connectivity index (χ1n) is 16.1. The number of fused-ring (bicyclic) bond motifs is 6. The Morgan fingerprint density at radius 1 is 0.458 bits per heavy atom. The monoisotopic (exact) mass is 614 g/mol. The highest BCUT2D eigenvalue weighted by Crippen LogP contribution is 2.39. The number of nitrogens with zero attached hydrogens (tertiary/aromatic N) is 3. The molecule has 1 N–H and O–H groups in total. The maximum atomic E-state index is 8.80. The van der Waals surface area contributed by atoms with Crippen LogP contribution in [0.15, 0.2) is 175 Å². The van der Waals surface area contributed by atoms with Gasteiger partial charge in [0.1, 0.15) is 0 Å². The maximum absolute atomic E-state index is 8.80. The summed E-state index contributed by atoms with van der Waals surface area (Å²) < 4.78 is 4.75. The van der Waals surface area contributed by atoms with Crippen molar-refractivity contribution in [1.82, 2.24) is 9.13 Å². The fraction of sp³-hybridized carbons (Fsp3) is 0. The van der Waals surface area contributed by atoms with E-state index in [2.05, 4.69) is 124 Å². The summed E-state index contributed by atoms with van der Waals surface area (Å²) >= 11 is 0. The van der Waals surface area contributed by atoms with Gasteiger partial charge in [0.2, 0.25) is 0 Å². The molecule has 0 aliphatic rings. The van der Waals surface area contributed by atoms with Crippen molar-refractivity contribution in [2.45, 2.75) is 0 Å². The van der Waals surface area contributed by atoms with Gasteiger partial charge in [-0.2, -0.15) is 0 Å². The van der Waals surface area contributed by atoms with E-state index in [9.17, 15) is 0 Å². The molecule has 0 fully saturated rings. The van der Waals surface area contributed by atoms with E-state index in [1.54, 1.807) is 0 Å². The van der Waals surface area contributed by atoms with E-state index in [0.717, 1.165) is 33.8 Å². The van der Waals surface area contributed by atoms with Crippen LogP contribution >= 0.6 is 0 Å². The predicted octanol–water partition coefficient (Wildman–Crippen LogP) is 11.0. The number of rotatable bonds is 6. The van der Waals surface area contributed by atoms with E-state index >= 15 is 0 Å². The van der Waals surface area contributed by atoms with E-state index in [-0.39, 0.29) is 0 Å². The summed E-state index contributed by atoms with van der Waals surface area (Å²) in [5, 5.41) is 13.8. The van der Waals surface area contributed by atoms with Gasteiger partial charge in [-0.05, 0) is 60.2 Å². The summed E-state index contributed by atoms with van der Waals surface area (Å²) in [6, 6.07) is 58.9. The standard InChI is InChI=1S/C44H30N4/c45-44(31-13-3-1-4-14-31)36-19-7-10-20-39(36)46-29-30-23-25-33(26-24-30)48-41-22-12-9-18-35(41)38-27-37-34-17-8-11-21-40(34)47(42(37)28-43(38)48)32-15-5-2-6-16-32/h1-29,45H. The molecule has 0 aliphatic heterocycles. The molecular formula is C44H30N4. The van der Waals surface area contributed by atoms with Crippen LogP contribution in [0, 0.1) is 5.41 Å². The smallest absolute Gasteiger partial charge is 0.0723 e. The average molecular weight is 615 g/mol. The largest absolute Gasteiger partial charge is 0.309 e. The number of benzene rings is 7. The van der Waals surface area contributed by atoms with Gasteiger partial charge in [0, 0.05) is 50.3 Å². The Kier molecular flexibility index (Phi) is 6.58. The highest BCUT2D eigenvalue weighted by molar-refractivity contribution is 6.19. The summed E-state index contributed by atoms with van der Waals surface area (Å²) in [7, 11) is 0. The minimum atomic E-state index is 0.463. The third-order valence-corrected chi connectivity index (χ3v) is 9.22. The molecule has 2 aromatic heterocycles. The molecule has 0 radical (unpaired) electrons. The first-order valence-corrected chi connectivity index (χ1v) is 16.1. The molecule has 9 aromatic rings. The lowest BCUT2D eigenvalue weighted by molar-refractivity contribution is 1.16. The van der Waals surface area contributed by atoms with E-state index in [1.807, 2.05) is 60.8 Å². The van der Waals surface area contributed by atoms with Crippen molar-refractivity contribution in [1.29, 1.82) is 5.41 Å². The molecule has 0 unspecified atom stereocenters. The van der Waals surface area contributed by atoms with Crippen LogP contribution in [0.3, 0.4) is 0 Å². The van der Waals surface area contributed by atoms with Crippen molar-refractivity contribution < 1.29 is 0 Å². The fourth-order valence-corrected chi connectivity index (χ4v) is 6.98. The summed E-state index contributed by atoms with van der Waals surface area (Å²) in [4.78, 5) is 4.83. The van der Waals surface area contributed by atoms with E-state index in [1.165, 1.54) is 43.6 Å². The van der Waals surface area contributed by atoms with Crippen molar-refractivity contribution in [3.8, 4) is 11.4 Å². The van der Waals surface area contributed by atoms with Crippen LogP contribution in [0.4, 0.5) is 5.69 Å². The minimum Gasteiger partial charge on any atom is -0.309 e. The summed E-state index contributed by atoms with van der Waals surface area (Å²) in [6.07, 6.45) is 1.88. The highest BCUT2D eigenvalue weighted by Gasteiger charge is 2.18. The number of hydrogen-bond acceptors (Lipinski definition) is 2. The van der Waals surface area contributed by atoms with Gasteiger partial charge in [-0.3, -0.25) is 10.4 Å². The zero-order chi connectivity index (χ0) is 32.0. The molecule has 0 amide bonds. The Balaban J connectivity index is 1.16. The lowest BCUT2D eigenvalue weighted by atomic mass is 10.0. The Hall–Kier alpha value is -6.52. The summed E-state index contributed by atoms with van der Waals surface area (Å²) in [6.45, 7) is 0. The van der Waals surface area contributed by atoms with Crippen LogP contribution in [0.2, 0.25) is 0 Å². The van der Waals surface area contributed by atoms with E-state index < -0.39 is 0 Å². The third-order valence-electron chi connectivity index (χ3n) is 9.22. The normalized spacial score (nSPS) is 11.8. The third kappa shape index (κ3) is 4.54. The zero-order valence-corrected chi connectivity index (χ0v) is 26.1. The molecular weight excluding hydrogens is 585 g/mol. The van der Waals surface area contributed by atoms with E-state index in [0.29, 0.717) is 5.71 Å². The van der Waals surface area contributed by atoms with E-state index in [4.69, 9.17) is 10.4 Å². The number of aromatic nitrogens is 2. The number of nitrogens with one attached hydrogen (secondary N) is 1. The molecule has 2 heterocycles. The quantitative estimate of drug-likeness (QED) is 0.181. The first-order chi connectivity index (χ1) is 23.7.